The Balaban J connectivity index is 2.10. The van der Waals surface area contributed by atoms with Crippen molar-refractivity contribution in [2.24, 2.45) is 4.99 Å². The molecule has 5 nitrogen and oxygen atoms in total. The van der Waals surface area contributed by atoms with Gasteiger partial charge in [-0.15, -0.1) is 0 Å². The summed E-state index contributed by atoms with van der Waals surface area (Å²) in [6, 6.07) is 7.91. The van der Waals surface area contributed by atoms with Crippen molar-refractivity contribution < 1.29 is 9.47 Å². The Morgan fingerprint density at radius 1 is 1.26 bits per heavy atom. The maximum absolute atomic E-state index is 5.60. The van der Waals surface area contributed by atoms with Gasteiger partial charge in [-0.25, -0.2) is 0 Å². The predicted molar refractivity (Wildman–Crippen MR) is 77.7 cm³/mol. The predicted octanol–water partition coefficient (Wildman–Crippen LogP) is 1.40. The van der Waals surface area contributed by atoms with E-state index in [1.165, 1.54) is 0 Å². The van der Waals surface area contributed by atoms with Gasteiger partial charge in [-0.3, -0.25) is 4.99 Å². The van der Waals surface area contributed by atoms with Crippen LogP contribution in [-0.4, -0.2) is 40.3 Å². The Bertz CT molecular complexity index is 377. The molecule has 0 aliphatic rings. The molecule has 0 saturated carbocycles. The Kier molecular flexibility index (Phi) is 7.43. The standard InChI is InChI=1S/C14H23N3O2/c1-15-14(16-2)17-9-4-10-19-11-12-5-7-13(18-3)8-6-12/h5-8H,4,9-11H2,1-3H3,(H2,15,16,17). The molecule has 0 aliphatic carbocycles. The lowest BCUT2D eigenvalue weighted by Crippen LogP contribution is -2.35. The van der Waals surface area contributed by atoms with Crippen LogP contribution in [-0.2, 0) is 11.3 Å². The zero-order valence-corrected chi connectivity index (χ0v) is 11.9. The first-order valence-electron chi connectivity index (χ1n) is 6.39. The first-order valence-corrected chi connectivity index (χ1v) is 6.39. The smallest absolute Gasteiger partial charge is 0.190 e. The van der Waals surface area contributed by atoms with Gasteiger partial charge in [0.15, 0.2) is 5.96 Å². The molecule has 0 radical (unpaired) electrons. The molecule has 106 valence electrons. The lowest BCUT2D eigenvalue weighted by atomic mass is 10.2. The van der Waals surface area contributed by atoms with Crippen molar-refractivity contribution >= 4 is 5.96 Å². The van der Waals surface area contributed by atoms with E-state index in [0.717, 1.165) is 36.8 Å². The normalized spacial score (nSPS) is 11.2. The number of guanidine groups is 1. The van der Waals surface area contributed by atoms with Gasteiger partial charge in [0.05, 0.1) is 13.7 Å². The van der Waals surface area contributed by atoms with Gasteiger partial charge in [-0.05, 0) is 24.1 Å². The molecule has 0 unspecified atom stereocenters. The Labute approximate surface area is 115 Å². The van der Waals surface area contributed by atoms with E-state index >= 15 is 0 Å². The molecule has 1 aromatic rings. The summed E-state index contributed by atoms with van der Waals surface area (Å²) in [5.41, 5.74) is 1.15. The molecule has 19 heavy (non-hydrogen) atoms. The minimum Gasteiger partial charge on any atom is -0.497 e. The quantitative estimate of drug-likeness (QED) is 0.444. The van der Waals surface area contributed by atoms with Crippen molar-refractivity contribution in [1.82, 2.24) is 10.6 Å². The minimum atomic E-state index is 0.630. The van der Waals surface area contributed by atoms with Gasteiger partial charge in [0.1, 0.15) is 5.75 Å². The van der Waals surface area contributed by atoms with Crippen LogP contribution in [0, 0.1) is 0 Å². The molecule has 0 fully saturated rings. The van der Waals surface area contributed by atoms with Crippen molar-refractivity contribution in [3.05, 3.63) is 29.8 Å². The highest BCUT2D eigenvalue weighted by molar-refractivity contribution is 5.79. The van der Waals surface area contributed by atoms with Crippen LogP contribution in [0.4, 0.5) is 0 Å². The third kappa shape index (κ3) is 6.10. The summed E-state index contributed by atoms with van der Waals surface area (Å²) in [5.74, 6) is 1.67. The van der Waals surface area contributed by atoms with Crippen molar-refractivity contribution in [3.63, 3.8) is 0 Å². The van der Waals surface area contributed by atoms with Gasteiger partial charge in [0.25, 0.3) is 0 Å². The second-order valence-corrected chi connectivity index (χ2v) is 4.00. The first-order chi connectivity index (χ1) is 9.30. The van der Waals surface area contributed by atoms with E-state index in [1.807, 2.05) is 31.3 Å². The van der Waals surface area contributed by atoms with E-state index < -0.39 is 0 Å². The van der Waals surface area contributed by atoms with Crippen LogP contribution < -0.4 is 15.4 Å². The highest BCUT2D eigenvalue weighted by atomic mass is 16.5. The lowest BCUT2D eigenvalue weighted by molar-refractivity contribution is 0.119. The monoisotopic (exact) mass is 265 g/mol. The van der Waals surface area contributed by atoms with Crippen molar-refractivity contribution in [3.8, 4) is 5.75 Å². The largest absolute Gasteiger partial charge is 0.497 e. The summed E-state index contributed by atoms with van der Waals surface area (Å²) in [7, 11) is 5.26. The molecule has 0 saturated heterocycles. The van der Waals surface area contributed by atoms with Crippen LogP contribution in [0.2, 0.25) is 0 Å². The SMILES string of the molecule is CN=C(NC)NCCCOCc1ccc(OC)cc1. The second-order valence-electron chi connectivity index (χ2n) is 4.00. The number of hydrogen-bond acceptors (Lipinski definition) is 3. The van der Waals surface area contributed by atoms with Gasteiger partial charge in [0, 0.05) is 27.2 Å². The number of rotatable bonds is 7. The Morgan fingerprint density at radius 3 is 2.58 bits per heavy atom. The molecule has 5 heteroatoms. The summed E-state index contributed by atoms with van der Waals surface area (Å²) in [4.78, 5) is 4.03. The lowest BCUT2D eigenvalue weighted by Gasteiger charge is -2.09. The van der Waals surface area contributed by atoms with Crippen LogP contribution >= 0.6 is 0 Å². The van der Waals surface area contributed by atoms with E-state index in [9.17, 15) is 0 Å². The number of nitrogens with zero attached hydrogens (tertiary/aromatic N) is 1. The van der Waals surface area contributed by atoms with Gasteiger partial charge in [0.2, 0.25) is 0 Å². The third-order valence-electron chi connectivity index (χ3n) is 2.65. The van der Waals surface area contributed by atoms with Crippen molar-refractivity contribution in [1.29, 1.82) is 0 Å². The van der Waals surface area contributed by atoms with Gasteiger partial charge >= 0.3 is 0 Å². The Hall–Kier alpha value is -1.75. The summed E-state index contributed by atoms with van der Waals surface area (Å²) >= 11 is 0. The number of aliphatic imine (C=N–C) groups is 1. The van der Waals surface area contributed by atoms with Crippen molar-refractivity contribution in [2.45, 2.75) is 13.0 Å². The van der Waals surface area contributed by atoms with Crippen molar-refractivity contribution in [2.75, 3.05) is 34.4 Å². The molecule has 0 aromatic heterocycles. The maximum atomic E-state index is 5.60. The Morgan fingerprint density at radius 2 is 2.00 bits per heavy atom. The summed E-state index contributed by atoms with van der Waals surface area (Å²) in [6.07, 6.45) is 0.941. The highest BCUT2D eigenvalue weighted by Gasteiger charge is 1.96. The highest BCUT2D eigenvalue weighted by Crippen LogP contribution is 2.11. The van der Waals surface area contributed by atoms with Crippen LogP contribution in [0.1, 0.15) is 12.0 Å². The van der Waals surface area contributed by atoms with Crippen LogP contribution in [0.25, 0.3) is 0 Å². The number of methoxy groups -OCH3 is 1. The molecule has 0 spiro atoms. The molecular formula is C14H23N3O2. The maximum Gasteiger partial charge on any atom is 0.190 e. The third-order valence-corrected chi connectivity index (χ3v) is 2.65. The minimum absolute atomic E-state index is 0.630. The molecule has 0 aliphatic heterocycles. The number of hydrogen-bond donors (Lipinski definition) is 2. The number of nitrogens with one attached hydrogen (secondary N) is 2. The summed E-state index contributed by atoms with van der Waals surface area (Å²) in [6.45, 7) is 2.20. The van der Waals surface area contributed by atoms with Gasteiger partial charge in [-0.1, -0.05) is 12.1 Å². The van der Waals surface area contributed by atoms with Crippen LogP contribution in [0.5, 0.6) is 5.75 Å². The van der Waals surface area contributed by atoms with Crippen LogP contribution in [0.3, 0.4) is 0 Å². The molecule has 2 N–H and O–H groups in total. The molecule has 0 bridgehead atoms. The molecule has 1 rings (SSSR count). The van der Waals surface area contributed by atoms with E-state index in [1.54, 1.807) is 14.2 Å². The summed E-state index contributed by atoms with van der Waals surface area (Å²) < 4.78 is 10.7. The number of benzene rings is 1. The fourth-order valence-corrected chi connectivity index (χ4v) is 1.57. The first kappa shape index (κ1) is 15.3. The topological polar surface area (TPSA) is 54.9 Å². The average molecular weight is 265 g/mol. The van der Waals surface area contributed by atoms with Crippen LogP contribution in [0.15, 0.2) is 29.3 Å². The zero-order chi connectivity index (χ0) is 13.9. The molecule has 0 amide bonds. The van der Waals surface area contributed by atoms with E-state index in [0.29, 0.717) is 6.61 Å². The fraction of sp³-hybridized carbons (Fsp3) is 0.500. The molecular weight excluding hydrogens is 242 g/mol. The van der Waals surface area contributed by atoms with E-state index in [-0.39, 0.29) is 0 Å². The second kappa shape index (κ2) is 9.22. The average Bonchev–Trinajstić information content (AvgIpc) is 2.47. The van der Waals surface area contributed by atoms with E-state index in [4.69, 9.17) is 9.47 Å². The number of ether oxygens (including phenoxy) is 2. The fourth-order valence-electron chi connectivity index (χ4n) is 1.57. The molecule has 0 atom stereocenters. The van der Waals surface area contributed by atoms with E-state index in [2.05, 4.69) is 15.6 Å². The summed E-state index contributed by atoms with van der Waals surface area (Å²) in [5, 5.41) is 6.14. The zero-order valence-electron chi connectivity index (χ0n) is 11.9. The van der Waals surface area contributed by atoms with Gasteiger partial charge < -0.3 is 20.1 Å². The molecule has 0 heterocycles. The molecule has 1 aromatic carbocycles. The van der Waals surface area contributed by atoms with Gasteiger partial charge in [-0.2, -0.15) is 0 Å².